The highest BCUT2D eigenvalue weighted by Gasteiger charge is 2.37. The number of benzene rings is 2. The lowest BCUT2D eigenvalue weighted by Gasteiger charge is -2.27. The Hall–Kier alpha value is -1.68. The molecule has 1 heterocycles. The van der Waals surface area contributed by atoms with E-state index in [1.807, 2.05) is 36.4 Å². The van der Waals surface area contributed by atoms with Crippen LogP contribution in [-0.4, -0.2) is 41.8 Å². The SMILES string of the molecule is OC(COC(c1ccccc1)c1ccccc1)CN1CCC2CCCC21. The molecule has 1 saturated heterocycles. The molecule has 3 atom stereocenters. The molecule has 1 N–H and O–H groups in total. The number of rotatable bonds is 7. The maximum Gasteiger partial charge on any atom is 0.108 e. The number of likely N-dealkylation sites (tertiary alicyclic amines) is 1. The van der Waals surface area contributed by atoms with Crippen LogP contribution in [0.4, 0.5) is 0 Å². The van der Waals surface area contributed by atoms with E-state index in [1.165, 1.54) is 25.7 Å². The van der Waals surface area contributed by atoms with Crippen LogP contribution < -0.4 is 0 Å². The lowest BCUT2D eigenvalue weighted by molar-refractivity contribution is -0.0104. The number of hydrogen-bond acceptors (Lipinski definition) is 3. The number of nitrogens with zero attached hydrogens (tertiary/aromatic N) is 1. The largest absolute Gasteiger partial charge is 0.389 e. The van der Waals surface area contributed by atoms with Gasteiger partial charge in [0.15, 0.2) is 0 Å². The Morgan fingerprint density at radius 2 is 1.58 bits per heavy atom. The van der Waals surface area contributed by atoms with Crippen LogP contribution >= 0.6 is 0 Å². The van der Waals surface area contributed by atoms with Crippen LogP contribution in [0.15, 0.2) is 60.7 Å². The van der Waals surface area contributed by atoms with Gasteiger partial charge in [-0.25, -0.2) is 0 Å². The van der Waals surface area contributed by atoms with Crippen LogP contribution in [0.2, 0.25) is 0 Å². The first-order valence-corrected chi connectivity index (χ1v) is 9.95. The lowest BCUT2D eigenvalue weighted by atomic mass is 10.0. The van der Waals surface area contributed by atoms with E-state index in [0.717, 1.165) is 30.1 Å². The quantitative estimate of drug-likeness (QED) is 0.817. The number of aliphatic hydroxyl groups is 1. The summed E-state index contributed by atoms with van der Waals surface area (Å²) in [4.78, 5) is 2.49. The first-order valence-electron chi connectivity index (χ1n) is 9.95. The van der Waals surface area contributed by atoms with Gasteiger partial charge in [0.1, 0.15) is 6.10 Å². The Bertz CT molecular complexity index is 636. The Kier molecular flexibility index (Phi) is 5.68. The van der Waals surface area contributed by atoms with Gasteiger partial charge in [0.05, 0.1) is 12.7 Å². The third kappa shape index (κ3) is 4.01. The van der Waals surface area contributed by atoms with Crippen molar-refractivity contribution in [2.24, 2.45) is 5.92 Å². The van der Waals surface area contributed by atoms with Crippen molar-refractivity contribution in [2.75, 3.05) is 19.7 Å². The highest BCUT2D eigenvalue weighted by atomic mass is 16.5. The fourth-order valence-corrected chi connectivity index (χ4v) is 4.73. The molecular weight excluding hydrogens is 322 g/mol. The molecule has 0 aromatic heterocycles. The Morgan fingerprint density at radius 1 is 0.923 bits per heavy atom. The van der Waals surface area contributed by atoms with Gasteiger partial charge in [0.2, 0.25) is 0 Å². The number of fused-ring (bicyclic) bond motifs is 1. The summed E-state index contributed by atoms with van der Waals surface area (Å²) in [5.41, 5.74) is 2.26. The Labute approximate surface area is 156 Å². The van der Waals surface area contributed by atoms with Crippen molar-refractivity contribution in [3.8, 4) is 0 Å². The highest BCUT2D eigenvalue weighted by molar-refractivity contribution is 5.29. The maximum atomic E-state index is 10.6. The number of hydrogen-bond donors (Lipinski definition) is 1. The molecule has 26 heavy (non-hydrogen) atoms. The van der Waals surface area contributed by atoms with E-state index < -0.39 is 6.10 Å². The van der Waals surface area contributed by atoms with Crippen molar-refractivity contribution in [1.29, 1.82) is 0 Å². The highest BCUT2D eigenvalue weighted by Crippen LogP contribution is 2.37. The molecule has 0 spiro atoms. The Morgan fingerprint density at radius 3 is 2.23 bits per heavy atom. The standard InChI is InChI=1S/C23H29NO2/c25-21(16-24-15-14-18-12-7-13-22(18)24)17-26-23(19-8-3-1-4-9-19)20-10-5-2-6-11-20/h1-6,8-11,18,21-23,25H,7,12-17H2. The molecular formula is C23H29NO2. The van der Waals surface area contributed by atoms with Crippen molar-refractivity contribution >= 4 is 0 Å². The minimum absolute atomic E-state index is 0.134. The van der Waals surface area contributed by atoms with E-state index in [1.54, 1.807) is 0 Å². The summed E-state index contributed by atoms with van der Waals surface area (Å²) in [6, 6.07) is 21.2. The fraction of sp³-hybridized carbons (Fsp3) is 0.478. The first-order chi connectivity index (χ1) is 12.8. The average Bonchev–Trinajstić information content (AvgIpc) is 3.29. The molecule has 1 saturated carbocycles. The van der Waals surface area contributed by atoms with Gasteiger partial charge in [0, 0.05) is 12.6 Å². The molecule has 138 valence electrons. The monoisotopic (exact) mass is 351 g/mol. The molecule has 3 unspecified atom stereocenters. The summed E-state index contributed by atoms with van der Waals surface area (Å²) in [5, 5.41) is 10.6. The van der Waals surface area contributed by atoms with E-state index in [9.17, 15) is 5.11 Å². The van der Waals surface area contributed by atoms with Gasteiger partial charge < -0.3 is 9.84 Å². The van der Waals surface area contributed by atoms with E-state index in [2.05, 4.69) is 29.2 Å². The summed E-state index contributed by atoms with van der Waals surface area (Å²) < 4.78 is 6.22. The van der Waals surface area contributed by atoms with Gasteiger partial charge in [-0.1, -0.05) is 67.1 Å². The summed E-state index contributed by atoms with van der Waals surface area (Å²) >= 11 is 0. The minimum atomic E-state index is -0.440. The molecule has 3 heteroatoms. The molecule has 2 fully saturated rings. The van der Waals surface area contributed by atoms with E-state index >= 15 is 0 Å². The molecule has 3 nitrogen and oxygen atoms in total. The van der Waals surface area contributed by atoms with Crippen LogP contribution in [0.3, 0.4) is 0 Å². The van der Waals surface area contributed by atoms with E-state index in [-0.39, 0.29) is 6.10 Å². The third-order valence-corrected chi connectivity index (χ3v) is 5.98. The molecule has 4 rings (SSSR count). The predicted molar refractivity (Wildman–Crippen MR) is 104 cm³/mol. The van der Waals surface area contributed by atoms with Crippen LogP contribution in [-0.2, 0) is 4.74 Å². The zero-order valence-corrected chi connectivity index (χ0v) is 15.3. The summed E-state index contributed by atoms with van der Waals surface area (Å²) in [7, 11) is 0. The van der Waals surface area contributed by atoms with Gasteiger partial charge in [-0.15, -0.1) is 0 Å². The zero-order valence-electron chi connectivity index (χ0n) is 15.3. The van der Waals surface area contributed by atoms with Crippen LogP contribution in [0.5, 0.6) is 0 Å². The molecule has 0 radical (unpaired) electrons. The smallest absolute Gasteiger partial charge is 0.108 e. The van der Waals surface area contributed by atoms with Gasteiger partial charge in [-0.05, 0) is 42.9 Å². The lowest BCUT2D eigenvalue weighted by Crippen LogP contribution is -2.38. The van der Waals surface area contributed by atoms with Gasteiger partial charge in [0.25, 0.3) is 0 Å². The van der Waals surface area contributed by atoms with Crippen LogP contribution in [0.1, 0.15) is 42.9 Å². The molecule has 0 bridgehead atoms. The molecule has 2 aromatic rings. The molecule has 1 aliphatic heterocycles. The predicted octanol–water partition coefficient (Wildman–Crippen LogP) is 4.03. The summed E-state index contributed by atoms with van der Waals surface area (Å²) in [6.07, 6.45) is 4.75. The van der Waals surface area contributed by atoms with E-state index in [4.69, 9.17) is 4.74 Å². The fourth-order valence-electron chi connectivity index (χ4n) is 4.73. The molecule has 2 aromatic carbocycles. The first kappa shape index (κ1) is 17.7. The van der Waals surface area contributed by atoms with Crippen LogP contribution in [0, 0.1) is 5.92 Å². The van der Waals surface area contributed by atoms with Gasteiger partial charge in [-0.3, -0.25) is 4.90 Å². The van der Waals surface area contributed by atoms with Gasteiger partial charge >= 0.3 is 0 Å². The van der Waals surface area contributed by atoms with Crippen molar-refractivity contribution < 1.29 is 9.84 Å². The Balaban J connectivity index is 1.38. The second-order valence-electron chi connectivity index (χ2n) is 7.73. The van der Waals surface area contributed by atoms with Gasteiger partial charge in [-0.2, -0.15) is 0 Å². The van der Waals surface area contributed by atoms with Crippen molar-refractivity contribution in [1.82, 2.24) is 4.90 Å². The topological polar surface area (TPSA) is 32.7 Å². The van der Waals surface area contributed by atoms with Crippen molar-refractivity contribution in [3.63, 3.8) is 0 Å². The van der Waals surface area contributed by atoms with Crippen LogP contribution in [0.25, 0.3) is 0 Å². The van der Waals surface area contributed by atoms with Crippen molar-refractivity contribution in [3.05, 3.63) is 71.8 Å². The summed E-state index contributed by atoms with van der Waals surface area (Å²) in [5.74, 6) is 0.865. The molecule has 2 aliphatic rings. The summed E-state index contributed by atoms with van der Waals surface area (Å²) in [6.45, 7) is 2.23. The normalized spacial score (nSPS) is 24.1. The van der Waals surface area contributed by atoms with E-state index in [0.29, 0.717) is 12.6 Å². The molecule has 1 aliphatic carbocycles. The average molecular weight is 351 g/mol. The second kappa shape index (κ2) is 8.34. The maximum absolute atomic E-state index is 10.6. The zero-order chi connectivity index (χ0) is 17.8. The number of β-amino-alcohol motifs (C(OH)–C–C–N with tert-alkyl or cyclic N) is 1. The van der Waals surface area contributed by atoms with Crippen molar-refractivity contribution in [2.45, 2.75) is 43.9 Å². The second-order valence-corrected chi connectivity index (χ2v) is 7.73. The number of ether oxygens (including phenoxy) is 1. The minimum Gasteiger partial charge on any atom is -0.389 e. The number of aliphatic hydroxyl groups excluding tert-OH is 1. The third-order valence-electron chi connectivity index (χ3n) is 5.98. The molecule has 0 amide bonds.